The van der Waals surface area contributed by atoms with Crippen LogP contribution in [0.5, 0.6) is 0 Å². The van der Waals surface area contributed by atoms with Gasteiger partial charge >= 0.3 is 11.3 Å². The molecule has 0 aromatic rings. The van der Waals surface area contributed by atoms with Crippen LogP contribution in [0.25, 0.3) is 0 Å². The molecule has 0 radical (unpaired) electrons. The molecule has 5 nitrogen and oxygen atoms in total. The molecule has 7 heteroatoms. The summed E-state index contributed by atoms with van der Waals surface area (Å²) in [6, 6.07) is 0. The fourth-order valence-electron chi connectivity index (χ4n) is 0.428. The van der Waals surface area contributed by atoms with Crippen molar-refractivity contribution in [2.75, 3.05) is 7.11 Å². The summed E-state index contributed by atoms with van der Waals surface area (Å²) in [6.45, 7) is 1.04. The molecule has 0 rings (SSSR count). The van der Waals surface area contributed by atoms with Gasteiger partial charge in [-0.25, -0.2) is 9.59 Å². The molecule has 74 valence electrons. The van der Waals surface area contributed by atoms with Crippen molar-refractivity contribution in [3.63, 3.8) is 0 Å². The molecular weight excluding hydrogens is 216 g/mol. The normalized spacial score (nSPS) is 14.4. The summed E-state index contributed by atoms with van der Waals surface area (Å²) in [5.41, 5.74) is 0. The summed E-state index contributed by atoms with van der Waals surface area (Å²) < 4.78 is 2.14. The van der Waals surface area contributed by atoms with E-state index in [1.807, 2.05) is 0 Å². The standard InChI is InChI=1S/C6H8O5S2/c1-3(7)6(12,4(8)9)13-5(10)11-2/h12H,1-2H3,(H,8,9). The quantitative estimate of drug-likeness (QED) is 0.319. The van der Waals surface area contributed by atoms with Crippen molar-refractivity contribution in [1.29, 1.82) is 0 Å². The van der Waals surface area contributed by atoms with Gasteiger partial charge < -0.3 is 9.84 Å². The Labute approximate surface area is 84.2 Å². The van der Waals surface area contributed by atoms with Gasteiger partial charge in [0.15, 0.2) is 5.78 Å². The number of hydrogen-bond donors (Lipinski definition) is 2. The number of rotatable bonds is 3. The molecule has 0 aliphatic rings. The first kappa shape index (κ1) is 12.3. The van der Waals surface area contributed by atoms with Gasteiger partial charge in [0.25, 0.3) is 0 Å². The van der Waals surface area contributed by atoms with Crippen LogP contribution >= 0.6 is 24.4 Å². The molecule has 0 bridgehead atoms. The van der Waals surface area contributed by atoms with Crippen molar-refractivity contribution >= 4 is 41.4 Å². The maximum atomic E-state index is 10.9. The van der Waals surface area contributed by atoms with Gasteiger partial charge in [0.1, 0.15) is 0 Å². The minimum absolute atomic E-state index is 0.217. The second-order valence-electron chi connectivity index (χ2n) is 2.06. The lowest BCUT2D eigenvalue weighted by Crippen LogP contribution is -2.37. The molecule has 0 aliphatic heterocycles. The molecule has 0 fully saturated rings. The Balaban J connectivity index is 4.72. The predicted molar refractivity (Wildman–Crippen MR) is 50.0 cm³/mol. The highest BCUT2D eigenvalue weighted by Crippen LogP contribution is 2.32. The molecule has 0 aliphatic carbocycles. The van der Waals surface area contributed by atoms with Gasteiger partial charge in [-0.3, -0.25) is 4.79 Å². The summed E-state index contributed by atoms with van der Waals surface area (Å²) in [5.74, 6) is -2.22. The Kier molecular flexibility index (Phi) is 4.28. The van der Waals surface area contributed by atoms with Crippen LogP contribution in [0.4, 0.5) is 4.79 Å². The van der Waals surface area contributed by atoms with E-state index in [2.05, 4.69) is 17.4 Å². The zero-order valence-corrected chi connectivity index (χ0v) is 8.65. The minimum Gasteiger partial charge on any atom is -0.479 e. The van der Waals surface area contributed by atoms with Crippen molar-refractivity contribution in [3.8, 4) is 0 Å². The fraction of sp³-hybridized carbons (Fsp3) is 0.500. The smallest absolute Gasteiger partial charge is 0.369 e. The molecule has 1 unspecified atom stereocenters. The number of aliphatic carboxylic acids is 1. The van der Waals surface area contributed by atoms with E-state index in [9.17, 15) is 14.4 Å². The topological polar surface area (TPSA) is 80.7 Å². The van der Waals surface area contributed by atoms with E-state index in [4.69, 9.17) is 5.11 Å². The predicted octanol–water partition coefficient (Wildman–Crippen LogP) is 0.786. The lowest BCUT2D eigenvalue weighted by Gasteiger charge is -2.17. The number of carboxylic acid groups (broad SMARTS) is 1. The lowest BCUT2D eigenvalue weighted by atomic mass is 10.3. The van der Waals surface area contributed by atoms with Crippen molar-refractivity contribution in [1.82, 2.24) is 0 Å². The average Bonchev–Trinajstić information content (AvgIpc) is 2.03. The fourth-order valence-corrected chi connectivity index (χ4v) is 1.21. The third kappa shape index (κ3) is 2.92. The Bertz CT molecular complexity index is 235. The molecule has 0 aromatic carbocycles. The molecule has 13 heavy (non-hydrogen) atoms. The molecule has 0 saturated heterocycles. The highest BCUT2D eigenvalue weighted by molar-refractivity contribution is 8.23. The van der Waals surface area contributed by atoms with Gasteiger partial charge in [0, 0.05) is 0 Å². The van der Waals surface area contributed by atoms with Crippen LogP contribution in [-0.2, 0) is 14.3 Å². The Morgan fingerprint density at radius 2 is 1.92 bits per heavy atom. The van der Waals surface area contributed by atoms with Crippen LogP contribution in [0, 0.1) is 0 Å². The average molecular weight is 224 g/mol. The third-order valence-corrected chi connectivity index (χ3v) is 3.04. The molecule has 1 atom stereocenters. The lowest BCUT2D eigenvalue weighted by molar-refractivity contribution is -0.140. The zero-order chi connectivity index (χ0) is 10.6. The minimum atomic E-state index is -2.06. The molecule has 0 spiro atoms. The molecule has 0 aromatic heterocycles. The highest BCUT2D eigenvalue weighted by atomic mass is 32.2. The number of thiol groups is 1. The number of carbonyl (C=O) groups excluding carboxylic acids is 2. The van der Waals surface area contributed by atoms with Gasteiger partial charge in [0.05, 0.1) is 7.11 Å². The summed E-state index contributed by atoms with van der Waals surface area (Å²) in [7, 11) is 1.09. The molecule has 0 saturated carbocycles. The van der Waals surface area contributed by atoms with Crippen molar-refractivity contribution < 1.29 is 24.2 Å². The summed E-state index contributed by atoms with van der Waals surface area (Å²) >= 11 is 3.83. The zero-order valence-electron chi connectivity index (χ0n) is 6.94. The van der Waals surface area contributed by atoms with E-state index in [0.717, 1.165) is 14.0 Å². The third-order valence-electron chi connectivity index (χ3n) is 1.16. The number of ketones is 1. The van der Waals surface area contributed by atoms with Crippen molar-refractivity contribution in [2.24, 2.45) is 0 Å². The Morgan fingerprint density at radius 1 is 1.46 bits per heavy atom. The number of carboxylic acids is 1. The van der Waals surface area contributed by atoms with Crippen LogP contribution in [0.2, 0.25) is 0 Å². The first-order valence-electron chi connectivity index (χ1n) is 3.08. The molecule has 0 heterocycles. The van der Waals surface area contributed by atoms with Gasteiger partial charge in [-0.15, -0.1) is 12.6 Å². The molecular formula is C6H8O5S2. The Hall–Kier alpha value is -0.690. The first-order chi connectivity index (χ1) is 5.84. The monoisotopic (exact) mass is 224 g/mol. The summed E-state index contributed by atoms with van der Waals surface area (Å²) in [5, 5.41) is 7.75. The number of thioether (sulfide) groups is 1. The second kappa shape index (κ2) is 4.52. The van der Waals surface area contributed by atoms with Gasteiger partial charge in [-0.2, -0.15) is 0 Å². The van der Waals surface area contributed by atoms with E-state index in [1.54, 1.807) is 0 Å². The summed E-state index contributed by atoms with van der Waals surface area (Å²) in [4.78, 5) is 32.2. The number of carbonyl (C=O) groups is 3. The van der Waals surface area contributed by atoms with Crippen LogP contribution in [-0.4, -0.2) is 33.3 Å². The van der Waals surface area contributed by atoms with Crippen molar-refractivity contribution in [3.05, 3.63) is 0 Å². The van der Waals surface area contributed by atoms with E-state index in [1.165, 1.54) is 0 Å². The van der Waals surface area contributed by atoms with Crippen LogP contribution in [0.1, 0.15) is 6.92 Å². The largest absolute Gasteiger partial charge is 0.479 e. The van der Waals surface area contributed by atoms with E-state index < -0.39 is 21.1 Å². The maximum Gasteiger partial charge on any atom is 0.369 e. The molecule has 1 N–H and O–H groups in total. The highest BCUT2D eigenvalue weighted by Gasteiger charge is 2.43. The van der Waals surface area contributed by atoms with Gasteiger partial charge in [0.2, 0.25) is 4.08 Å². The number of ether oxygens (including phenoxy) is 1. The van der Waals surface area contributed by atoms with E-state index >= 15 is 0 Å². The number of methoxy groups -OCH3 is 1. The van der Waals surface area contributed by atoms with Crippen LogP contribution in [0.15, 0.2) is 0 Å². The van der Waals surface area contributed by atoms with Crippen LogP contribution in [0.3, 0.4) is 0 Å². The van der Waals surface area contributed by atoms with Gasteiger partial charge in [-0.05, 0) is 18.7 Å². The van der Waals surface area contributed by atoms with Crippen LogP contribution < -0.4 is 0 Å². The van der Waals surface area contributed by atoms with Crippen molar-refractivity contribution in [2.45, 2.75) is 11.0 Å². The summed E-state index contributed by atoms with van der Waals surface area (Å²) in [6.07, 6.45) is 0. The molecule has 0 amide bonds. The van der Waals surface area contributed by atoms with Gasteiger partial charge in [-0.1, -0.05) is 0 Å². The Morgan fingerprint density at radius 3 is 2.15 bits per heavy atom. The maximum absolute atomic E-state index is 10.9. The second-order valence-corrected chi connectivity index (χ2v) is 4.18. The first-order valence-corrected chi connectivity index (χ1v) is 4.34. The SMILES string of the molecule is COC(=O)SC(S)(C(C)=O)C(=O)O. The number of Topliss-reactive ketones (excluding diaryl/α,β-unsaturated/α-hetero) is 1. The number of hydrogen-bond acceptors (Lipinski definition) is 6. The van der Waals surface area contributed by atoms with E-state index in [-0.39, 0.29) is 11.8 Å². The van der Waals surface area contributed by atoms with E-state index in [0.29, 0.717) is 0 Å².